The Morgan fingerprint density at radius 1 is 1.11 bits per heavy atom. The summed E-state index contributed by atoms with van der Waals surface area (Å²) in [7, 11) is 0. The summed E-state index contributed by atoms with van der Waals surface area (Å²) >= 11 is 0. The van der Waals surface area contributed by atoms with Gasteiger partial charge in [-0.2, -0.15) is 0 Å². The molecule has 0 amide bonds. The molecule has 3 aliphatic rings. The van der Waals surface area contributed by atoms with E-state index >= 15 is 0 Å². The average molecular weight is 265 g/mol. The summed E-state index contributed by atoms with van der Waals surface area (Å²) in [5.74, 6) is 0.865. The number of hydrogen-bond donors (Lipinski definition) is 1. The van der Waals surface area contributed by atoms with Gasteiger partial charge in [-0.05, 0) is 64.6 Å². The van der Waals surface area contributed by atoms with Crippen molar-refractivity contribution < 1.29 is 0 Å². The zero-order valence-corrected chi connectivity index (χ0v) is 12.8. The van der Waals surface area contributed by atoms with Gasteiger partial charge in [-0.15, -0.1) is 0 Å². The van der Waals surface area contributed by atoms with E-state index in [9.17, 15) is 0 Å². The molecule has 3 fully saturated rings. The van der Waals surface area contributed by atoms with Crippen LogP contribution in [0.25, 0.3) is 0 Å². The van der Waals surface area contributed by atoms with Crippen LogP contribution in [-0.2, 0) is 0 Å². The maximum absolute atomic E-state index is 4.00. The molecule has 0 aliphatic carbocycles. The summed E-state index contributed by atoms with van der Waals surface area (Å²) in [6.45, 7) is 11.3. The van der Waals surface area contributed by atoms with Crippen molar-refractivity contribution in [2.75, 3.05) is 32.7 Å². The number of rotatable bonds is 4. The quantitative estimate of drug-likeness (QED) is 0.838. The summed E-state index contributed by atoms with van der Waals surface area (Å²) in [5, 5.41) is 4.00. The van der Waals surface area contributed by atoms with E-state index in [1.54, 1.807) is 0 Å². The van der Waals surface area contributed by atoms with Gasteiger partial charge in [-0.1, -0.05) is 6.92 Å². The Labute approximate surface area is 118 Å². The average Bonchev–Trinajstić information content (AvgIpc) is 3.04. The van der Waals surface area contributed by atoms with E-state index in [1.807, 2.05) is 0 Å². The van der Waals surface area contributed by atoms with Crippen LogP contribution in [0, 0.1) is 5.92 Å². The lowest BCUT2D eigenvalue weighted by molar-refractivity contribution is 0.149. The van der Waals surface area contributed by atoms with Crippen molar-refractivity contribution in [2.24, 2.45) is 5.92 Å². The second kappa shape index (κ2) is 6.11. The van der Waals surface area contributed by atoms with E-state index in [0.29, 0.717) is 6.04 Å². The maximum Gasteiger partial charge on any atom is 0.0250 e. The fourth-order valence-electron chi connectivity index (χ4n) is 4.54. The molecule has 1 N–H and O–H groups in total. The predicted molar refractivity (Wildman–Crippen MR) is 80.4 cm³/mol. The first-order valence-electron chi connectivity index (χ1n) is 8.50. The summed E-state index contributed by atoms with van der Waals surface area (Å²) in [4.78, 5) is 5.34. The highest BCUT2D eigenvalue weighted by Crippen LogP contribution is 2.29. The molecule has 3 heterocycles. The van der Waals surface area contributed by atoms with Crippen LogP contribution < -0.4 is 5.32 Å². The molecule has 0 bridgehead atoms. The topological polar surface area (TPSA) is 18.5 Å². The van der Waals surface area contributed by atoms with Crippen LogP contribution >= 0.6 is 0 Å². The second-order valence-electron chi connectivity index (χ2n) is 6.89. The van der Waals surface area contributed by atoms with Crippen LogP contribution in [0.15, 0.2) is 0 Å². The van der Waals surface area contributed by atoms with Gasteiger partial charge in [-0.25, -0.2) is 0 Å². The van der Waals surface area contributed by atoms with Crippen LogP contribution in [0.1, 0.15) is 46.0 Å². The Kier molecular flexibility index (Phi) is 4.45. The number of nitrogens with one attached hydrogen (secondary N) is 1. The molecule has 3 saturated heterocycles. The van der Waals surface area contributed by atoms with E-state index in [1.165, 1.54) is 64.8 Å². The zero-order chi connectivity index (χ0) is 13.2. The fourth-order valence-corrected chi connectivity index (χ4v) is 4.54. The molecule has 0 spiro atoms. The lowest BCUT2D eigenvalue weighted by Crippen LogP contribution is -2.50. The molecule has 0 radical (unpaired) electrons. The Hall–Kier alpha value is -0.120. The van der Waals surface area contributed by atoms with Crippen molar-refractivity contribution in [3.63, 3.8) is 0 Å². The summed E-state index contributed by atoms with van der Waals surface area (Å²) in [5.41, 5.74) is 0. The minimum Gasteiger partial charge on any atom is -0.310 e. The standard InChI is InChI=1S/C16H31N3/c1-3-18-9-4-6-14(12-18)13(2)17-15-8-11-19-10-5-7-16(15)19/h13-17H,3-12H2,1-2H3. The number of fused-ring (bicyclic) bond motifs is 1. The Morgan fingerprint density at radius 2 is 1.95 bits per heavy atom. The number of likely N-dealkylation sites (tertiary alicyclic amines) is 1. The highest BCUT2D eigenvalue weighted by Gasteiger charge is 2.38. The zero-order valence-electron chi connectivity index (χ0n) is 12.8. The summed E-state index contributed by atoms with van der Waals surface area (Å²) in [6, 6.07) is 2.32. The molecule has 19 heavy (non-hydrogen) atoms. The Morgan fingerprint density at radius 3 is 2.79 bits per heavy atom. The third-order valence-electron chi connectivity index (χ3n) is 5.78. The van der Waals surface area contributed by atoms with E-state index in [2.05, 4.69) is 29.0 Å². The Balaban J connectivity index is 1.51. The van der Waals surface area contributed by atoms with Crippen LogP contribution in [-0.4, -0.2) is 60.6 Å². The Bertz CT molecular complexity index is 294. The van der Waals surface area contributed by atoms with Crippen molar-refractivity contribution in [3.05, 3.63) is 0 Å². The molecule has 0 saturated carbocycles. The normalized spacial score (nSPS) is 38.5. The first kappa shape index (κ1) is 13.8. The molecule has 4 unspecified atom stereocenters. The van der Waals surface area contributed by atoms with Gasteiger partial charge in [0.25, 0.3) is 0 Å². The lowest BCUT2D eigenvalue weighted by Gasteiger charge is -2.37. The number of nitrogens with zero attached hydrogens (tertiary/aromatic N) is 2. The maximum atomic E-state index is 4.00. The molecule has 3 heteroatoms. The van der Waals surface area contributed by atoms with Crippen molar-refractivity contribution in [1.82, 2.24) is 15.1 Å². The summed E-state index contributed by atoms with van der Waals surface area (Å²) in [6.07, 6.45) is 7.04. The van der Waals surface area contributed by atoms with Gasteiger partial charge < -0.3 is 10.2 Å². The van der Waals surface area contributed by atoms with Gasteiger partial charge in [0.15, 0.2) is 0 Å². The minimum absolute atomic E-state index is 0.694. The smallest absolute Gasteiger partial charge is 0.0250 e. The molecule has 0 aromatic carbocycles. The third-order valence-corrected chi connectivity index (χ3v) is 5.78. The van der Waals surface area contributed by atoms with Crippen molar-refractivity contribution in [2.45, 2.75) is 64.1 Å². The van der Waals surface area contributed by atoms with Gasteiger partial charge in [0.2, 0.25) is 0 Å². The SMILES string of the molecule is CCN1CCCC(C(C)NC2CCN3CCCC23)C1. The van der Waals surface area contributed by atoms with Crippen molar-refractivity contribution >= 4 is 0 Å². The fraction of sp³-hybridized carbons (Fsp3) is 1.00. The molecule has 3 aliphatic heterocycles. The van der Waals surface area contributed by atoms with Gasteiger partial charge in [0, 0.05) is 31.2 Å². The largest absolute Gasteiger partial charge is 0.310 e. The highest BCUT2D eigenvalue weighted by atomic mass is 15.2. The third kappa shape index (κ3) is 2.98. The molecule has 3 nitrogen and oxygen atoms in total. The lowest BCUT2D eigenvalue weighted by atomic mass is 9.90. The van der Waals surface area contributed by atoms with E-state index in [0.717, 1.165) is 18.0 Å². The number of hydrogen-bond acceptors (Lipinski definition) is 3. The summed E-state index contributed by atoms with van der Waals surface area (Å²) < 4.78 is 0. The van der Waals surface area contributed by atoms with Gasteiger partial charge >= 0.3 is 0 Å². The van der Waals surface area contributed by atoms with E-state index in [4.69, 9.17) is 0 Å². The first-order chi connectivity index (χ1) is 9.28. The van der Waals surface area contributed by atoms with Crippen molar-refractivity contribution in [3.8, 4) is 0 Å². The van der Waals surface area contributed by atoms with Crippen LogP contribution in [0.3, 0.4) is 0 Å². The van der Waals surface area contributed by atoms with Gasteiger partial charge in [-0.3, -0.25) is 4.90 Å². The van der Waals surface area contributed by atoms with Crippen LogP contribution in [0.2, 0.25) is 0 Å². The molecule has 3 rings (SSSR count). The predicted octanol–water partition coefficient (Wildman–Crippen LogP) is 1.93. The molecule has 4 atom stereocenters. The first-order valence-corrected chi connectivity index (χ1v) is 8.50. The van der Waals surface area contributed by atoms with Crippen LogP contribution in [0.4, 0.5) is 0 Å². The van der Waals surface area contributed by atoms with Crippen LogP contribution in [0.5, 0.6) is 0 Å². The van der Waals surface area contributed by atoms with Gasteiger partial charge in [0.05, 0.1) is 0 Å². The number of piperidine rings is 1. The molecule has 0 aromatic heterocycles. The monoisotopic (exact) mass is 265 g/mol. The van der Waals surface area contributed by atoms with Crippen molar-refractivity contribution in [1.29, 1.82) is 0 Å². The molecular formula is C16H31N3. The molecule has 0 aromatic rings. The van der Waals surface area contributed by atoms with E-state index < -0.39 is 0 Å². The molecular weight excluding hydrogens is 234 g/mol. The second-order valence-corrected chi connectivity index (χ2v) is 6.89. The minimum atomic E-state index is 0.694. The van der Waals surface area contributed by atoms with Gasteiger partial charge in [0.1, 0.15) is 0 Å². The molecule has 110 valence electrons. The van der Waals surface area contributed by atoms with E-state index in [-0.39, 0.29) is 0 Å². The highest BCUT2D eigenvalue weighted by molar-refractivity contribution is 4.97.